The summed E-state index contributed by atoms with van der Waals surface area (Å²) in [7, 11) is 0. The van der Waals surface area contributed by atoms with Gasteiger partial charge < -0.3 is 4.74 Å². The van der Waals surface area contributed by atoms with E-state index in [1.165, 1.54) is 5.56 Å². The van der Waals surface area contributed by atoms with Gasteiger partial charge in [-0.3, -0.25) is 5.26 Å². The largest absolute Gasteiger partial charge is 0.373 e. The van der Waals surface area contributed by atoms with Crippen molar-refractivity contribution in [2.75, 3.05) is 6.61 Å². The van der Waals surface area contributed by atoms with Gasteiger partial charge in [-0.15, -0.1) is 13.2 Å². The highest BCUT2D eigenvalue weighted by atomic mass is 17.1. The number of hydrogen-bond acceptors (Lipinski definition) is 3. The maximum atomic E-state index is 8.55. The Kier molecular flexibility index (Phi) is 11.6. The van der Waals surface area contributed by atoms with E-state index in [1.807, 2.05) is 44.2 Å². The Bertz CT molecular complexity index is 597. The smallest absolute Gasteiger partial charge is 0.123 e. The third-order valence-electron chi connectivity index (χ3n) is 3.84. The second kappa shape index (κ2) is 12.4. The molecule has 1 fully saturated rings. The van der Waals surface area contributed by atoms with Crippen LogP contribution in [0, 0.1) is 0 Å². The van der Waals surface area contributed by atoms with Gasteiger partial charge in [-0.1, -0.05) is 81.4 Å². The molecule has 0 bridgehead atoms. The van der Waals surface area contributed by atoms with Gasteiger partial charge in [-0.2, -0.15) is 0 Å². The molecule has 1 aliphatic heterocycles. The van der Waals surface area contributed by atoms with Gasteiger partial charge in [0.05, 0.1) is 12.7 Å². The first-order chi connectivity index (χ1) is 12.7. The molecule has 3 rings (SSSR count). The first kappa shape index (κ1) is 25.1. The Morgan fingerprint density at radius 2 is 1.19 bits per heavy atom. The Labute approximate surface area is 165 Å². The van der Waals surface area contributed by atoms with Gasteiger partial charge in [0.1, 0.15) is 5.60 Å². The summed E-state index contributed by atoms with van der Waals surface area (Å²) in [5.74, 6) is 0. The summed E-state index contributed by atoms with van der Waals surface area (Å²) in [4.78, 5) is 4.32. The minimum absolute atomic E-state index is 0.293. The molecule has 1 atom stereocenters. The van der Waals surface area contributed by atoms with E-state index in [0.717, 1.165) is 12.2 Å². The normalized spacial score (nSPS) is 15.0. The molecule has 27 heavy (non-hydrogen) atoms. The summed E-state index contributed by atoms with van der Waals surface area (Å²) in [6.07, 6.45) is 0.583. The fourth-order valence-corrected chi connectivity index (χ4v) is 1.93. The van der Waals surface area contributed by atoms with Crippen molar-refractivity contribution in [2.24, 2.45) is 0 Å². The van der Waals surface area contributed by atoms with Gasteiger partial charge in [0, 0.05) is 0 Å². The molecule has 0 amide bonds. The van der Waals surface area contributed by atoms with Gasteiger partial charge in [-0.25, -0.2) is 4.89 Å². The molecule has 3 nitrogen and oxygen atoms in total. The first-order valence-electron chi connectivity index (χ1n) is 9.22. The van der Waals surface area contributed by atoms with E-state index in [0.29, 0.717) is 11.5 Å². The Morgan fingerprint density at radius 3 is 1.41 bits per heavy atom. The van der Waals surface area contributed by atoms with Crippen LogP contribution in [0.5, 0.6) is 0 Å². The van der Waals surface area contributed by atoms with E-state index >= 15 is 0 Å². The minimum atomic E-state index is -0.610. The highest BCUT2D eigenvalue weighted by Crippen LogP contribution is 2.22. The fraction of sp³-hybridized carbons (Fsp3) is 0.417. The molecule has 1 aliphatic rings. The molecule has 150 valence electrons. The highest BCUT2D eigenvalue weighted by molar-refractivity contribution is 5.22. The summed E-state index contributed by atoms with van der Waals surface area (Å²) in [5, 5.41) is 8.55. The van der Waals surface area contributed by atoms with Gasteiger partial charge >= 0.3 is 0 Å². The maximum Gasteiger partial charge on any atom is 0.123 e. The molecule has 3 heteroatoms. The van der Waals surface area contributed by atoms with Crippen molar-refractivity contribution in [2.45, 2.75) is 58.7 Å². The second-order valence-electron chi connectivity index (χ2n) is 7.73. The molecule has 1 unspecified atom stereocenters. The maximum absolute atomic E-state index is 8.55. The SMILES string of the molecule is C=C.CC(C)(C)c1ccccc1.CC(C)(OO)c1ccccc1.CC1CO1. The van der Waals surface area contributed by atoms with E-state index in [9.17, 15) is 0 Å². The van der Waals surface area contributed by atoms with E-state index in [1.54, 1.807) is 0 Å². The van der Waals surface area contributed by atoms with Crippen molar-refractivity contribution in [3.05, 3.63) is 84.9 Å². The number of rotatable bonds is 2. The molecule has 0 aromatic heterocycles. The van der Waals surface area contributed by atoms with Crippen LogP contribution >= 0.6 is 0 Å². The van der Waals surface area contributed by atoms with Crippen molar-refractivity contribution in [3.8, 4) is 0 Å². The van der Waals surface area contributed by atoms with Crippen molar-refractivity contribution in [1.82, 2.24) is 0 Å². The van der Waals surface area contributed by atoms with E-state index in [4.69, 9.17) is 9.99 Å². The van der Waals surface area contributed by atoms with Gasteiger partial charge in [-0.05, 0) is 37.3 Å². The summed E-state index contributed by atoms with van der Waals surface area (Å²) in [6.45, 7) is 19.3. The Balaban J connectivity index is 0.000000387. The number of hydrogen-bond donors (Lipinski definition) is 1. The molecular formula is C24H36O3. The van der Waals surface area contributed by atoms with Crippen molar-refractivity contribution < 1.29 is 14.9 Å². The summed E-state index contributed by atoms with van der Waals surface area (Å²) < 4.78 is 4.71. The van der Waals surface area contributed by atoms with Crippen LogP contribution in [0.3, 0.4) is 0 Å². The molecule has 1 heterocycles. The molecule has 2 aromatic rings. The summed E-state index contributed by atoms with van der Waals surface area (Å²) in [6, 6.07) is 20.1. The number of ether oxygens (including phenoxy) is 1. The fourth-order valence-electron chi connectivity index (χ4n) is 1.93. The third-order valence-corrected chi connectivity index (χ3v) is 3.84. The second-order valence-corrected chi connectivity index (χ2v) is 7.73. The van der Waals surface area contributed by atoms with Crippen LogP contribution in [0.25, 0.3) is 0 Å². The van der Waals surface area contributed by atoms with Crippen LogP contribution in [-0.4, -0.2) is 18.0 Å². The summed E-state index contributed by atoms with van der Waals surface area (Å²) >= 11 is 0. The third kappa shape index (κ3) is 11.4. The van der Waals surface area contributed by atoms with Crippen molar-refractivity contribution in [1.29, 1.82) is 0 Å². The molecule has 0 aliphatic carbocycles. The minimum Gasteiger partial charge on any atom is -0.373 e. The lowest BCUT2D eigenvalue weighted by molar-refractivity contribution is -0.318. The van der Waals surface area contributed by atoms with Crippen LogP contribution in [-0.2, 0) is 20.6 Å². The molecule has 0 spiro atoms. The monoisotopic (exact) mass is 372 g/mol. The van der Waals surface area contributed by atoms with Gasteiger partial charge in [0.2, 0.25) is 0 Å². The van der Waals surface area contributed by atoms with Gasteiger partial charge in [0.25, 0.3) is 0 Å². The zero-order valence-corrected chi connectivity index (χ0v) is 17.7. The Morgan fingerprint density at radius 1 is 0.852 bits per heavy atom. The van der Waals surface area contributed by atoms with Crippen LogP contribution < -0.4 is 0 Å². The average Bonchev–Trinajstić information content (AvgIpc) is 3.47. The lowest BCUT2D eigenvalue weighted by Gasteiger charge is -2.20. The first-order valence-corrected chi connectivity index (χ1v) is 9.22. The topological polar surface area (TPSA) is 42.0 Å². The predicted molar refractivity (Wildman–Crippen MR) is 115 cm³/mol. The van der Waals surface area contributed by atoms with Crippen LogP contribution in [0.15, 0.2) is 73.8 Å². The molecule has 0 saturated carbocycles. The molecule has 1 N–H and O–H groups in total. The van der Waals surface area contributed by atoms with Crippen LogP contribution in [0.4, 0.5) is 0 Å². The Hall–Kier alpha value is -1.94. The number of epoxide rings is 1. The highest BCUT2D eigenvalue weighted by Gasteiger charge is 2.20. The van der Waals surface area contributed by atoms with Crippen LogP contribution in [0.2, 0.25) is 0 Å². The van der Waals surface area contributed by atoms with Gasteiger partial charge in [0.15, 0.2) is 0 Å². The number of benzene rings is 2. The molecule has 0 radical (unpaired) electrons. The zero-order chi connectivity index (χ0) is 20.9. The molecule has 2 aromatic carbocycles. The average molecular weight is 373 g/mol. The quantitative estimate of drug-likeness (QED) is 0.279. The lowest BCUT2D eigenvalue weighted by atomic mass is 9.87. The van der Waals surface area contributed by atoms with Crippen LogP contribution in [0.1, 0.15) is 52.7 Å². The predicted octanol–water partition coefficient (Wildman–Crippen LogP) is 6.60. The summed E-state index contributed by atoms with van der Waals surface area (Å²) in [5.41, 5.74) is 2.04. The molecule has 1 saturated heterocycles. The zero-order valence-electron chi connectivity index (χ0n) is 17.7. The standard InChI is InChI=1S/C10H14.C9H12O2.C3H6O.C2H4/c1-10(2,3)9-7-5-4-6-8-9;1-9(2,11-10)8-6-4-3-5-7-8;1-3-2-4-3;1-2/h4-8H,1-3H3;3-7,10H,1-2H3;3H,2H2,1H3;1-2H2. The van der Waals surface area contributed by atoms with E-state index in [-0.39, 0.29) is 0 Å². The van der Waals surface area contributed by atoms with Crippen molar-refractivity contribution in [3.63, 3.8) is 0 Å². The molecular weight excluding hydrogens is 336 g/mol. The van der Waals surface area contributed by atoms with E-state index < -0.39 is 5.60 Å². The van der Waals surface area contributed by atoms with Crippen molar-refractivity contribution >= 4 is 0 Å². The lowest BCUT2D eigenvalue weighted by Crippen LogP contribution is -2.19. The van der Waals surface area contributed by atoms with E-state index in [2.05, 4.69) is 76.1 Å².